The molecule has 2 aliphatic rings. The van der Waals surface area contributed by atoms with Gasteiger partial charge in [0.25, 0.3) is 0 Å². The van der Waals surface area contributed by atoms with Crippen LogP contribution in [0.15, 0.2) is 35.9 Å². The third kappa shape index (κ3) is 2.55. The van der Waals surface area contributed by atoms with Gasteiger partial charge >= 0.3 is 0 Å². The molecule has 136 valence electrons. The Morgan fingerprint density at radius 1 is 1.27 bits per heavy atom. The second kappa shape index (κ2) is 6.16. The van der Waals surface area contributed by atoms with E-state index in [2.05, 4.69) is 6.08 Å². The highest BCUT2D eigenvalue weighted by Crippen LogP contribution is 2.56. The molecule has 0 aromatic heterocycles. The summed E-state index contributed by atoms with van der Waals surface area (Å²) in [4.78, 5) is 0. The molecule has 0 saturated carbocycles. The lowest BCUT2D eigenvalue weighted by atomic mass is 9.88. The van der Waals surface area contributed by atoms with Crippen LogP contribution >= 0.6 is 0 Å². The number of hydrogen-bond acceptors (Lipinski definition) is 5. The molecule has 2 aromatic rings. The highest BCUT2D eigenvalue weighted by atomic mass is 16.5. The third-order valence-corrected chi connectivity index (χ3v) is 5.00. The van der Waals surface area contributed by atoms with Crippen molar-refractivity contribution in [1.82, 2.24) is 0 Å². The lowest BCUT2D eigenvalue weighted by Crippen LogP contribution is -2.23. The van der Waals surface area contributed by atoms with Gasteiger partial charge in [-0.1, -0.05) is 17.7 Å². The van der Waals surface area contributed by atoms with Crippen molar-refractivity contribution in [3.8, 4) is 28.7 Å². The number of allylic oxidation sites excluding steroid dienone is 2. The standard InChI is InChI=1S/C21H22O5/c1-11(2)4-5-14-16(23)7-6-13-15-10-25-18-9-12(22)8-17(24-3)19(18)21(15)26-20(13)14/h4,6-9,15,21-23H,5,10H2,1-3H3/t15-,21+/m1/s1. The van der Waals surface area contributed by atoms with Gasteiger partial charge in [-0.2, -0.15) is 0 Å². The highest BCUT2D eigenvalue weighted by Gasteiger charge is 2.44. The van der Waals surface area contributed by atoms with E-state index in [1.54, 1.807) is 25.3 Å². The van der Waals surface area contributed by atoms with Gasteiger partial charge in [0.1, 0.15) is 34.9 Å². The van der Waals surface area contributed by atoms with Gasteiger partial charge in [-0.15, -0.1) is 0 Å². The first-order chi connectivity index (χ1) is 12.5. The van der Waals surface area contributed by atoms with E-state index in [0.29, 0.717) is 24.5 Å². The molecule has 0 saturated heterocycles. The summed E-state index contributed by atoms with van der Waals surface area (Å²) in [5.74, 6) is 2.18. The van der Waals surface area contributed by atoms with Crippen LogP contribution in [-0.4, -0.2) is 23.9 Å². The molecule has 2 aliphatic heterocycles. The lowest BCUT2D eigenvalue weighted by Gasteiger charge is -2.29. The Morgan fingerprint density at radius 3 is 2.81 bits per heavy atom. The summed E-state index contributed by atoms with van der Waals surface area (Å²) in [6, 6.07) is 6.78. The predicted molar refractivity (Wildman–Crippen MR) is 97.5 cm³/mol. The second-order valence-electron chi connectivity index (χ2n) is 6.98. The first-order valence-electron chi connectivity index (χ1n) is 8.68. The fourth-order valence-corrected chi connectivity index (χ4v) is 3.72. The Balaban J connectivity index is 1.81. The number of phenols is 2. The number of fused-ring (bicyclic) bond motifs is 5. The number of methoxy groups -OCH3 is 1. The molecule has 2 N–H and O–H groups in total. The quantitative estimate of drug-likeness (QED) is 0.808. The Kier molecular flexibility index (Phi) is 3.94. The molecule has 0 unspecified atom stereocenters. The van der Waals surface area contributed by atoms with Crippen LogP contribution in [0.1, 0.15) is 42.6 Å². The number of rotatable bonds is 3. The summed E-state index contributed by atoms with van der Waals surface area (Å²) in [6.07, 6.45) is 2.41. The summed E-state index contributed by atoms with van der Waals surface area (Å²) in [5.41, 5.74) is 3.80. The number of aromatic hydroxyl groups is 2. The maximum absolute atomic E-state index is 10.4. The van der Waals surface area contributed by atoms with Gasteiger partial charge in [0.05, 0.1) is 25.2 Å². The molecule has 0 bridgehead atoms. The fraction of sp³-hybridized carbons (Fsp3) is 0.333. The van der Waals surface area contributed by atoms with Gasteiger partial charge < -0.3 is 24.4 Å². The molecule has 5 heteroatoms. The van der Waals surface area contributed by atoms with E-state index in [9.17, 15) is 10.2 Å². The van der Waals surface area contributed by atoms with Gasteiger partial charge in [0, 0.05) is 23.3 Å². The monoisotopic (exact) mass is 354 g/mol. The topological polar surface area (TPSA) is 68.2 Å². The highest BCUT2D eigenvalue weighted by molar-refractivity contribution is 5.60. The van der Waals surface area contributed by atoms with E-state index in [1.165, 1.54) is 5.57 Å². The summed E-state index contributed by atoms with van der Waals surface area (Å²) < 4.78 is 17.7. The minimum atomic E-state index is -0.267. The van der Waals surface area contributed by atoms with Crippen molar-refractivity contribution in [1.29, 1.82) is 0 Å². The molecule has 26 heavy (non-hydrogen) atoms. The maximum Gasteiger partial charge on any atom is 0.141 e. The van der Waals surface area contributed by atoms with Crippen LogP contribution in [0.25, 0.3) is 0 Å². The van der Waals surface area contributed by atoms with Gasteiger partial charge in [0.15, 0.2) is 0 Å². The third-order valence-electron chi connectivity index (χ3n) is 5.00. The molecule has 0 aliphatic carbocycles. The summed E-state index contributed by atoms with van der Waals surface area (Å²) >= 11 is 0. The van der Waals surface area contributed by atoms with Gasteiger partial charge in [-0.05, 0) is 26.3 Å². The Hall–Kier alpha value is -2.82. The van der Waals surface area contributed by atoms with E-state index >= 15 is 0 Å². The minimum Gasteiger partial charge on any atom is -0.508 e. The summed E-state index contributed by atoms with van der Waals surface area (Å²) in [5, 5.41) is 20.2. The van der Waals surface area contributed by atoms with E-state index in [0.717, 1.165) is 22.4 Å². The molecular weight excluding hydrogens is 332 g/mol. The zero-order chi connectivity index (χ0) is 18.4. The normalized spacial score (nSPS) is 19.5. The van der Waals surface area contributed by atoms with Crippen LogP contribution in [0, 0.1) is 0 Å². The molecule has 0 radical (unpaired) electrons. The van der Waals surface area contributed by atoms with Crippen LogP contribution in [0.4, 0.5) is 0 Å². The van der Waals surface area contributed by atoms with Crippen molar-refractivity contribution < 1.29 is 24.4 Å². The summed E-state index contributed by atoms with van der Waals surface area (Å²) in [7, 11) is 1.56. The Bertz CT molecular complexity index is 879. The minimum absolute atomic E-state index is 0.0157. The molecule has 2 aromatic carbocycles. The van der Waals surface area contributed by atoms with Gasteiger partial charge in [0.2, 0.25) is 0 Å². The smallest absolute Gasteiger partial charge is 0.141 e. The van der Waals surface area contributed by atoms with E-state index < -0.39 is 0 Å². The molecule has 0 amide bonds. The lowest BCUT2D eigenvalue weighted by molar-refractivity contribution is 0.134. The average Bonchev–Trinajstić information content (AvgIpc) is 2.98. The number of phenolic OH excluding ortho intramolecular Hbond substituents is 2. The molecule has 2 atom stereocenters. The molecule has 2 heterocycles. The van der Waals surface area contributed by atoms with Gasteiger partial charge in [-0.3, -0.25) is 0 Å². The zero-order valence-corrected chi connectivity index (χ0v) is 15.1. The largest absolute Gasteiger partial charge is 0.508 e. The van der Waals surface area contributed by atoms with Crippen molar-refractivity contribution in [2.45, 2.75) is 32.3 Å². The number of benzene rings is 2. The van der Waals surface area contributed by atoms with Crippen molar-refractivity contribution in [3.05, 3.63) is 52.6 Å². The average molecular weight is 354 g/mol. The van der Waals surface area contributed by atoms with E-state index in [1.807, 2.05) is 19.9 Å². The second-order valence-corrected chi connectivity index (χ2v) is 6.98. The van der Waals surface area contributed by atoms with Gasteiger partial charge in [-0.25, -0.2) is 0 Å². The van der Waals surface area contributed by atoms with Crippen molar-refractivity contribution in [3.63, 3.8) is 0 Å². The maximum atomic E-state index is 10.4. The van der Waals surface area contributed by atoms with Crippen LogP contribution in [0.5, 0.6) is 28.7 Å². The molecule has 4 rings (SSSR count). The fourth-order valence-electron chi connectivity index (χ4n) is 3.72. The molecule has 0 spiro atoms. The zero-order valence-electron chi connectivity index (χ0n) is 15.1. The number of ether oxygens (including phenoxy) is 3. The molecule has 0 fully saturated rings. The van der Waals surface area contributed by atoms with E-state index in [-0.39, 0.29) is 23.5 Å². The van der Waals surface area contributed by atoms with Crippen LogP contribution in [0.3, 0.4) is 0 Å². The molecular formula is C21H22O5. The van der Waals surface area contributed by atoms with Crippen molar-refractivity contribution in [2.75, 3.05) is 13.7 Å². The first-order valence-corrected chi connectivity index (χ1v) is 8.68. The SMILES string of the molecule is COc1cc(O)cc2c1[C@H]1Oc3c(ccc(O)c3CC=C(C)C)[C@H]1CO2. The van der Waals surface area contributed by atoms with Crippen LogP contribution in [0.2, 0.25) is 0 Å². The van der Waals surface area contributed by atoms with Crippen LogP contribution < -0.4 is 14.2 Å². The van der Waals surface area contributed by atoms with Crippen molar-refractivity contribution in [2.24, 2.45) is 0 Å². The van der Waals surface area contributed by atoms with E-state index in [4.69, 9.17) is 14.2 Å². The van der Waals surface area contributed by atoms with Crippen LogP contribution in [-0.2, 0) is 6.42 Å². The number of hydrogen-bond donors (Lipinski definition) is 2. The first kappa shape index (κ1) is 16.6. The predicted octanol–water partition coefficient (Wildman–Crippen LogP) is 4.22. The Labute approximate surface area is 152 Å². The molecule has 5 nitrogen and oxygen atoms in total. The Morgan fingerprint density at radius 2 is 2.08 bits per heavy atom. The van der Waals surface area contributed by atoms with Crippen molar-refractivity contribution >= 4 is 0 Å². The summed E-state index contributed by atoms with van der Waals surface area (Å²) in [6.45, 7) is 4.51.